The average molecular weight is 418 g/mol. The molecule has 0 aromatic heterocycles. The summed E-state index contributed by atoms with van der Waals surface area (Å²) in [4.78, 5) is 20.4. The summed E-state index contributed by atoms with van der Waals surface area (Å²) < 4.78 is 0. The molecule has 1 saturated heterocycles. The number of hydrogen-bond acceptors (Lipinski definition) is 3. The van der Waals surface area contributed by atoms with E-state index < -0.39 is 0 Å². The molecule has 0 radical (unpaired) electrons. The lowest BCUT2D eigenvalue weighted by molar-refractivity contribution is -0.136. The van der Waals surface area contributed by atoms with Crippen LogP contribution in [0.3, 0.4) is 0 Å². The first kappa shape index (κ1) is 23.8. The van der Waals surface area contributed by atoms with Crippen molar-refractivity contribution in [2.45, 2.75) is 90.6 Å². The Morgan fingerprint density at radius 1 is 1.00 bits per heavy atom. The smallest absolute Gasteiger partial charge is 0.225 e. The van der Waals surface area contributed by atoms with Crippen LogP contribution in [0.4, 0.5) is 0 Å². The lowest BCUT2D eigenvalue weighted by Gasteiger charge is -2.51. The fourth-order valence-corrected chi connectivity index (χ4v) is 6.74. The molecule has 0 aromatic rings. The van der Waals surface area contributed by atoms with E-state index in [1.807, 2.05) is 4.90 Å². The summed E-state index contributed by atoms with van der Waals surface area (Å²) in [7, 11) is 0. The minimum absolute atomic E-state index is 0.273. The normalized spacial score (nSPS) is 30.7. The van der Waals surface area contributed by atoms with E-state index in [4.69, 9.17) is 0 Å². The highest BCUT2D eigenvalue weighted by atomic mass is 16.2. The minimum Gasteiger partial charge on any atom is -0.343 e. The van der Waals surface area contributed by atoms with Gasteiger partial charge in [0.2, 0.25) is 5.91 Å². The van der Waals surface area contributed by atoms with Gasteiger partial charge in [-0.3, -0.25) is 14.6 Å². The zero-order valence-electron chi connectivity index (χ0n) is 20.0. The van der Waals surface area contributed by atoms with Crippen molar-refractivity contribution in [2.75, 3.05) is 39.3 Å². The Balaban J connectivity index is 1.66. The molecule has 1 aliphatic heterocycles. The molecule has 1 heterocycles. The van der Waals surface area contributed by atoms with Crippen LogP contribution in [-0.4, -0.2) is 72.0 Å². The van der Waals surface area contributed by atoms with E-state index in [1.54, 1.807) is 0 Å². The van der Waals surface area contributed by atoms with Crippen molar-refractivity contribution in [3.8, 4) is 0 Å². The van der Waals surface area contributed by atoms with Crippen molar-refractivity contribution in [3.05, 3.63) is 12.7 Å². The third-order valence-corrected chi connectivity index (χ3v) is 8.35. The molecule has 3 rings (SSSR count). The second-order valence-corrected chi connectivity index (χ2v) is 10.1. The minimum atomic E-state index is 0.273. The van der Waals surface area contributed by atoms with Crippen LogP contribution in [-0.2, 0) is 4.79 Å². The Bertz CT molecular complexity index is 532. The first-order chi connectivity index (χ1) is 14.6. The molecule has 172 valence electrons. The predicted octanol–water partition coefficient (Wildman–Crippen LogP) is 4.80. The van der Waals surface area contributed by atoms with Crippen LogP contribution >= 0.6 is 0 Å². The van der Waals surface area contributed by atoms with Crippen molar-refractivity contribution < 1.29 is 4.79 Å². The second-order valence-electron chi connectivity index (χ2n) is 10.1. The molecule has 0 aromatic carbocycles. The van der Waals surface area contributed by atoms with Gasteiger partial charge in [-0.2, -0.15) is 0 Å². The van der Waals surface area contributed by atoms with Gasteiger partial charge in [0.05, 0.1) is 0 Å². The van der Waals surface area contributed by atoms with Gasteiger partial charge in [0.25, 0.3) is 0 Å². The Morgan fingerprint density at radius 2 is 1.63 bits per heavy atom. The first-order valence-corrected chi connectivity index (χ1v) is 13.0. The molecular formula is C26H47N3O. The maximum Gasteiger partial charge on any atom is 0.225 e. The molecule has 4 nitrogen and oxygen atoms in total. The molecule has 30 heavy (non-hydrogen) atoms. The number of amides is 1. The Labute approximate surface area is 186 Å². The summed E-state index contributed by atoms with van der Waals surface area (Å²) >= 11 is 0. The Kier molecular flexibility index (Phi) is 9.25. The van der Waals surface area contributed by atoms with Gasteiger partial charge in [0, 0.05) is 57.3 Å². The van der Waals surface area contributed by atoms with Crippen LogP contribution in [0.5, 0.6) is 0 Å². The predicted molar refractivity (Wildman–Crippen MR) is 127 cm³/mol. The van der Waals surface area contributed by atoms with Crippen LogP contribution in [0.25, 0.3) is 0 Å². The van der Waals surface area contributed by atoms with Crippen molar-refractivity contribution in [1.82, 2.24) is 14.7 Å². The number of rotatable bonds is 8. The Hall–Kier alpha value is -0.870. The van der Waals surface area contributed by atoms with E-state index >= 15 is 0 Å². The molecule has 2 aliphatic carbocycles. The molecule has 2 saturated carbocycles. The summed E-state index contributed by atoms with van der Waals surface area (Å²) in [6, 6.07) is 1.36. The second kappa shape index (κ2) is 11.7. The van der Waals surface area contributed by atoms with Gasteiger partial charge >= 0.3 is 0 Å². The van der Waals surface area contributed by atoms with Gasteiger partial charge in [-0.1, -0.05) is 25.3 Å². The summed E-state index contributed by atoms with van der Waals surface area (Å²) in [5.74, 6) is 2.34. The van der Waals surface area contributed by atoms with Gasteiger partial charge in [0.1, 0.15) is 0 Å². The monoisotopic (exact) mass is 417 g/mol. The summed E-state index contributed by atoms with van der Waals surface area (Å²) in [6.45, 7) is 16.9. The summed E-state index contributed by atoms with van der Waals surface area (Å²) in [6.07, 6.45) is 13.9. The van der Waals surface area contributed by atoms with E-state index in [1.165, 1.54) is 64.6 Å². The van der Waals surface area contributed by atoms with Crippen molar-refractivity contribution in [2.24, 2.45) is 17.8 Å². The third kappa shape index (κ3) is 5.68. The first-order valence-electron chi connectivity index (χ1n) is 13.0. The van der Waals surface area contributed by atoms with Gasteiger partial charge in [0.15, 0.2) is 0 Å². The molecule has 4 heteroatoms. The molecule has 2 unspecified atom stereocenters. The largest absolute Gasteiger partial charge is 0.343 e. The van der Waals surface area contributed by atoms with E-state index in [0.29, 0.717) is 11.9 Å². The zero-order valence-corrected chi connectivity index (χ0v) is 20.0. The molecule has 0 bridgehead atoms. The molecule has 1 amide bonds. The highest BCUT2D eigenvalue weighted by Crippen LogP contribution is 2.41. The molecule has 3 aliphatic rings. The Morgan fingerprint density at radius 3 is 2.20 bits per heavy atom. The fourth-order valence-electron chi connectivity index (χ4n) is 6.74. The maximum atomic E-state index is 12.9. The zero-order chi connectivity index (χ0) is 21.5. The highest BCUT2D eigenvalue weighted by Gasteiger charge is 2.41. The van der Waals surface area contributed by atoms with E-state index in [2.05, 4.69) is 43.2 Å². The molecule has 0 N–H and O–H groups in total. The van der Waals surface area contributed by atoms with Crippen molar-refractivity contribution in [1.29, 1.82) is 0 Å². The third-order valence-electron chi connectivity index (χ3n) is 8.35. The van der Waals surface area contributed by atoms with Crippen LogP contribution in [0.1, 0.15) is 78.6 Å². The van der Waals surface area contributed by atoms with Crippen LogP contribution in [0.2, 0.25) is 0 Å². The fraction of sp³-hybridized carbons (Fsp3) is 0.885. The number of nitrogens with zero attached hydrogens (tertiary/aromatic N) is 3. The average Bonchev–Trinajstić information content (AvgIpc) is 2.77. The van der Waals surface area contributed by atoms with Crippen molar-refractivity contribution >= 4 is 5.91 Å². The van der Waals surface area contributed by atoms with Crippen LogP contribution in [0.15, 0.2) is 12.7 Å². The molecule has 3 fully saturated rings. The number of hydrogen-bond donors (Lipinski definition) is 0. The number of carbonyl (C=O) groups is 1. The molecule has 0 spiro atoms. The topological polar surface area (TPSA) is 26.8 Å². The lowest BCUT2D eigenvalue weighted by atomic mass is 9.70. The van der Waals surface area contributed by atoms with E-state index in [-0.39, 0.29) is 5.92 Å². The number of piperazine rings is 1. The van der Waals surface area contributed by atoms with Gasteiger partial charge in [-0.05, 0) is 71.1 Å². The standard InChI is InChI=1S/C26H47N3O/c1-5-17-27-18-19-29(21(4)20-27)25(22-11-9-8-10-12-22)23-13-15-24(16-14-23)26(30)28(6-2)7-3/h5,21-25H,1,6-20H2,2-4H3. The quantitative estimate of drug-likeness (QED) is 0.531. The van der Waals surface area contributed by atoms with Crippen LogP contribution < -0.4 is 0 Å². The van der Waals surface area contributed by atoms with Crippen molar-refractivity contribution in [3.63, 3.8) is 0 Å². The summed E-state index contributed by atoms with van der Waals surface area (Å²) in [5.41, 5.74) is 0. The number of carbonyl (C=O) groups excluding carboxylic acids is 1. The maximum absolute atomic E-state index is 12.9. The highest BCUT2D eigenvalue weighted by molar-refractivity contribution is 5.78. The lowest BCUT2D eigenvalue weighted by Crippen LogP contribution is -2.59. The van der Waals surface area contributed by atoms with E-state index in [0.717, 1.165) is 50.4 Å². The van der Waals surface area contributed by atoms with Gasteiger partial charge in [-0.25, -0.2) is 0 Å². The summed E-state index contributed by atoms with van der Waals surface area (Å²) in [5, 5.41) is 0. The molecular weight excluding hydrogens is 370 g/mol. The van der Waals surface area contributed by atoms with E-state index in [9.17, 15) is 4.79 Å². The van der Waals surface area contributed by atoms with Gasteiger partial charge in [-0.15, -0.1) is 6.58 Å². The van der Waals surface area contributed by atoms with Gasteiger partial charge < -0.3 is 4.90 Å². The molecule has 2 atom stereocenters. The van der Waals surface area contributed by atoms with Crippen LogP contribution in [0, 0.1) is 17.8 Å². The SMILES string of the molecule is C=CCN1CCN(C(C2CCCCC2)C2CCC(C(=O)N(CC)CC)CC2)C(C)C1.